The van der Waals surface area contributed by atoms with Gasteiger partial charge in [0, 0.05) is 38.3 Å². The van der Waals surface area contributed by atoms with Crippen molar-refractivity contribution in [3.05, 3.63) is 35.4 Å². The van der Waals surface area contributed by atoms with Gasteiger partial charge in [0.05, 0.1) is 5.60 Å². The van der Waals surface area contributed by atoms with Crippen LogP contribution in [-0.2, 0) is 15.1 Å². The Hall–Kier alpha value is -2.12. The molecule has 0 radical (unpaired) electrons. The van der Waals surface area contributed by atoms with Crippen LogP contribution in [0.5, 0.6) is 0 Å². The Morgan fingerprint density at radius 1 is 1.27 bits per heavy atom. The number of carbonyl (C=O) groups excluding carboxylic acids is 2. The van der Waals surface area contributed by atoms with Crippen LogP contribution < -0.4 is 5.73 Å². The number of aliphatic hydroxyl groups is 1. The average Bonchev–Trinajstić information content (AvgIpc) is 2.70. The van der Waals surface area contributed by atoms with Crippen molar-refractivity contribution in [3.63, 3.8) is 0 Å². The first-order valence-electron chi connectivity index (χ1n) is 10.7. The molecule has 0 aromatic heterocycles. The van der Waals surface area contributed by atoms with Gasteiger partial charge >= 0.3 is 6.09 Å². The van der Waals surface area contributed by atoms with Crippen molar-refractivity contribution in [2.45, 2.75) is 64.1 Å². The number of methoxy groups -OCH3 is 1. The first-order chi connectivity index (χ1) is 14.1. The highest BCUT2D eigenvalue weighted by molar-refractivity contribution is 5.92. The molecule has 1 fully saturated rings. The normalized spacial score (nSPS) is 19.2. The molecule has 2 rings (SSSR count). The number of likely N-dealkylation sites (tertiary alicyclic amines) is 1. The zero-order valence-electron chi connectivity index (χ0n) is 18.6. The first kappa shape index (κ1) is 24.2. The second-order valence-electron chi connectivity index (χ2n) is 9.08. The minimum atomic E-state index is -1.18. The maximum atomic E-state index is 12.6. The third-order valence-corrected chi connectivity index (χ3v) is 5.55. The molecule has 7 heteroatoms. The minimum absolute atomic E-state index is 0.176. The number of nitrogens with zero attached hydrogens (tertiary/aromatic N) is 1. The number of rotatable bonds is 8. The van der Waals surface area contributed by atoms with Crippen molar-refractivity contribution in [2.75, 3.05) is 26.8 Å². The molecule has 0 bridgehead atoms. The van der Waals surface area contributed by atoms with Crippen molar-refractivity contribution in [1.82, 2.24) is 4.90 Å². The number of carbonyl (C=O) groups is 2. The van der Waals surface area contributed by atoms with E-state index in [0.29, 0.717) is 37.2 Å². The van der Waals surface area contributed by atoms with Crippen LogP contribution in [-0.4, -0.2) is 54.4 Å². The number of unbranched alkanes of at least 4 members (excludes halogenated alkanes) is 1. The molecule has 7 nitrogen and oxygen atoms in total. The van der Waals surface area contributed by atoms with Crippen LogP contribution in [0.1, 0.15) is 68.8 Å². The van der Waals surface area contributed by atoms with E-state index in [2.05, 4.69) is 0 Å². The Kier molecular flexibility index (Phi) is 8.26. The number of nitrogens with two attached hydrogens (primary N) is 1. The molecule has 2 atom stereocenters. The molecule has 2 amide bonds. The third-order valence-electron chi connectivity index (χ3n) is 5.55. The van der Waals surface area contributed by atoms with E-state index in [4.69, 9.17) is 15.2 Å². The summed E-state index contributed by atoms with van der Waals surface area (Å²) >= 11 is 0. The predicted octanol–water partition coefficient (Wildman–Crippen LogP) is 3.44. The SMILES string of the molecule is COCCCC[C@@](O)(c1cccc(C(N)=O)c1)[C@@H]1CCCN(C(=O)OC(C)(C)C)C1. The molecule has 1 heterocycles. The number of hydrogen-bond acceptors (Lipinski definition) is 5. The van der Waals surface area contributed by atoms with E-state index >= 15 is 0 Å². The number of primary amides is 1. The Labute approximate surface area is 179 Å². The van der Waals surface area contributed by atoms with Crippen molar-refractivity contribution in [2.24, 2.45) is 11.7 Å². The van der Waals surface area contributed by atoms with Crippen LogP contribution in [0.25, 0.3) is 0 Å². The van der Waals surface area contributed by atoms with Gasteiger partial charge in [-0.1, -0.05) is 12.1 Å². The summed E-state index contributed by atoms with van der Waals surface area (Å²) in [6.07, 6.45) is 3.27. The van der Waals surface area contributed by atoms with E-state index in [1.807, 2.05) is 26.8 Å². The minimum Gasteiger partial charge on any atom is -0.444 e. The maximum absolute atomic E-state index is 12.6. The second-order valence-corrected chi connectivity index (χ2v) is 9.08. The van der Waals surface area contributed by atoms with Gasteiger partial charge in [-0.2, -0.15) is 0 Å². The van der Waals surface area contributed by atoms with Crippen LogP contribution in [0.3, 0.4) is 0 Å². The zero-order chi connectivity index (χ0) is 22.4. The largest absolute Gasteiger partial charge is 0.444 e. The molecule has 3 N–H and O–H groups in total. The van der Waals surface area contributed by atoms with Crippen LogP contribution in [0.4, 0.5) is 4.79 Å². The van der Waals surface area contributed by atoms with Crippen LogP contribution in [0.15, 0.2) is 24.3 Å². The van der Waals surface area contributed by atoms with E-state index in [-0.39, 0.29) is 12.0 Å². The lowest BCUT2D eigenvalue weighted by Gasteiger charge is -2.43. The number of hydrogen-bond donors (Lipinski definition) is 2. The van der Waals surface area contributed by atoms with E-state index in [9.17, 15) is 14.7 Å². The van der Waals surface area contributed by atoms with Gasteiger partial charge in [0.25, 0.3) is 0 Å². The Bertz CT molecular complexity index is 731. The van der Waals surface area contributed by atoms with Gasteiger partial charge in [-0.05, 0) is 70.6 Å². The van der Waals surface area contributed by atoms with Crippen LogP contribution >= 0.6 is 0 Å². The average molecular weight is 421 g/mol. The van der Waals surface area contributed by atoms with Gasteiger partial charge < -0.3 is 25.2 Å². The summed E-state index contributed by atoms with van der Waals surface area (Å²) in [5, 5.41) is 11.9. The summed E-state index contributed by atoms with van der Waals surface area (Å²) in [5.41, 5.74) is 4.73. The smallest absolute Gasteiger partial charge is 0.410 e. The first-order valence-corrected chi connectivity index (χ1v) is 10.7. The summed E-state index contributed by atoms with van der Waals surface area (Å²) in [6.45, 7) is 7.14. The van der Waals surface area contributed by atoms with Gasteiger partial charge in [0.15, 0.2) is 0 Å². The van der Waals surface area contributed by atoms with E-state index < -0.39 is 17.1 Å². The molecule has 1 aromatic rings. The molecule has 0 unspecified atom stereocenters. The summed E-state index contributed by atoms with van der Waals surface area (Å²) in [6, 6.07) is 6.88. The third kappa shape index (κ3) is 6.44. The van der Waals surface area contributed by atoms with Crippen LogP contribution in [0, 0.1) is 5.92 Å². The molecule has 30 heavy (non-hydrogen) atoms. The van der Waals surface area contributed by atoms with E-state index in [1.54, 1.807) is 30.2 Å². The molecule has 0 saturated carbocycles. The number of benzene rings is 1. The summed E-state index contributed by atoms with van der Waals surface area (Å²) in [4.78, 5) is 26.0. The lowest BCUT2D eigenvalue weighted by molar-refractivity contribution is -0.0642. The van der Waals surface area contributed by atoms with Gasteiger partial charge in [-0.15, -0.1) is 0 Å². The molecule has 0 aliphatic carbocycles. The quantitative estimate of drug-likeness (QED) is 0.627. The highest BCUT2D eigenvalue weighted by Crippen LogP contribution is 2.40. The Balaban J connectivity index is 2.28. The highest BCUT2D eigenvalue weighted by Gasteiger charge is 2.42. The molecule has 1 aliphatic rings. The molecule has 1 aromatic carbocycles. The summed E-state index contributed by atoms with van der Waals surface area (Å²) in [7, 11) is 1.66. The van der Waals surface area contributed by atoms with Crippen molar-refractivity contribution < 1.29 is 24.2 Å². The topological polar surface area (TPSA) is 102 Å². The lowest BCUT2D eigenvalue weighted by Crippen LogP contribution is -2.49. The maximum Gasteiger partial charge on any atom is 0.410 e. The van der Waals surface area contributed by atoms with E-state index in [1.165, 1.54) is 0 Å². The van der Waals surface area contributed by atoms with Crippen molar-refractivity contribution in [1.29, 1.82) is 0 Å². The van der Waals surface area contributed by atoms with Gasteiger partial charge in [0.2, 0.25) is 5.91 Å². The highest BCUT2D eigenvalue weighted by atomic mass is 16.6. The van der Waals surface area contributed by atoms with Gasteiger partial charge in [-0.3, -0.25) is 4.79 Å². The summed E-state index contributed by atoms with van der Waals surface area (Å²) < 4.78 is 10.7. The van der Waals surface area contributed by atoms with Crippen molar-refractivity contribution in [3.8, 4) is 0 Å². The number of ether oxygens (including phenoxy) is 2. The van der Waals surface area contributed by atoms with E-state index in [0.717, 1.165) is 25.7 Å². The monoisotopic (exact) mass is 420 g/mol. The fraction of sp³-hybridized carbons (Fsp3) is 0.652. The molecule has 1 saturated heterocycles. The standard InChI is InChI=1S/C23H36N2O5/c1-22(2,3)30-21(27)25-13-8-11-19(16-25)23(28,12-5-6-14-29-4)18-10-7-9-17(15-18)20(24)26/h7,9-10,15,19,28H,5-6,8,11-14,16H2,1-4H3,(H2,24,26)/t19-,23-/m1/s1. The zero-order valence-corrected chi connectivity index (χ0v) is 18.6. The fourth-order valence-electron chi connectivity index (χ4n) is 4.03. The van der Waals surface area contributed by atoms with Gasteiger partial charge in [0.1, 0.15) is 5.60 Å². The molecule has 168 valence electrons. The predicted molar refractivity (Wildman–Crippen MR) is 115 cm³/mol. The fourth-order valence-corrected chi connectivity index (χ4v) is 4.03. The van der Waals surface area contributed by atoms with Crippen LogP contribution in [0.2, 0.25) is 0 Å². The lowest BCUT2D eigenvalue weighted by atomic mass is 9.74. The molecular weight excluding hydrogens is 384 g/mol. The molecule has 0 spiro atoms. The number of piperidine rings is 1. The Morgan fingerprint density at radius 3 is 2.63 bits per heavy atom. The van der Waals surface area contributed by atoms with Crippen molar-refractivity contribution >= 4 is 12.0 Å². The second kappa shape index (κ2) is 10.3. The molecule has 1 aliphatic heterocycles. The number of amides is 2. The Morgan fingerprint density at radius 2 is 2.00 bits per heavy atom. The summed E-state index contributed by atoms with van der Waals surface area (Å²) in [5.74, 6) is -0.706. The molecular formula is C23H36N2O5. The van der Waals surface area contributed by atoms with Gasteiger partial charge in [-0.25, -0.2) is 4.79 Å².